The Morgan fingerprint density at radius 3 is 3.06 bits per heavy atom. The van der Waals surface area contributed by atoms with Crippen molar-refractivity contribution in [2.75, 3.05) is 6.61 Å². The maximum absolute atomic E-state index is 6.15. The third-order valence-corrected chi connectivity index (χ3v) is 3.37. The Hall–Kier alpha value is -0.580. The van der Waals surface area contributed by atoms with E-state index >= 15 is 0 Å². The van der Waals surface area contributed by atoms with Crippen LogP contribution >= 0.6 is 11.6 Å². The molecule has 2 unspecified atom stereocenters. The quantitative estimate of drug-likeness (QED) is 0.884. The standard InChI is InChI=1S/C11H18ClN3O/c1-15-11(9(12)7-14-15)10(13)6-8-4-2-3-5-16-8/h7-8,10H,2-6,13H2,1H3. The minimum Gasteiger partial charge on any atom is -0.378 e. The number of ether oxygens (including phenoxy) is 1. The Kier molecular flexibility index (Phi) is 3.84. The summed E-state index contributed by atoms with van der Waals surface area (Å²) >= 11 is 6.05. The summed E-state index contributed by atoms with van der Waals surface area (Å²) in [7, 11) is 1.86. The first-order chi connectivity index (χ1) is 7.68. The van der Waals surface area contributed by atoms with Gasteiger partial charge < -0.3 is 10.5 Å². The normalized spacial score (nSPS) is 23.3. The maximum atomic E-state index is 6.15. The summed E-state index contributed by atoms with van der Waals surface area (Å²) in [6.45, 7) is 0.858. The molecule has 0 spiro atoms. The molecule has 1 fully saturated rings. The fourth-order valence-corrected chi connectivity index (χ4v) is 2.53. The van der Waals surface area contributed by atoms with Crippen LogP contribution in [0.2, 0.25) is 5.02 Å². The second-order valence-corrected chi connectivity index (χ2v) is 4.74. The van der Waals surface area contributed by atoms with Gasteiger partial charge in [0, 0.05) is 13.7 Å². The first kappa shape index (κ1) is 11.9. The Morgan fingerprint density at radius 2 is 2.50 bits per heavy atom. The molecule has 2 atom stereocenters. The molecule has 1 aliphatic rings. The van der Waals surface area contributed by atoms with E-state index in [1.165, 1.54) is 6.42 Å². The van der Waals surface area contributed by atoms with E-state index in [9.17, 15) is 0 Å². The summed E-state index contributed by atoms with van der Waals surface area (Å²) in [5.41, 5.74) is 7.05. The van der Waals surface area contributed by atoms with Gasteiger partial charge in [0.25, 0.3) is 0 Å². The number of hydrogen-bond acceptors (Lipinski definition) is 3. The molecule has 0 radical (unpaired) electrons. The van der Waals surface area contributed by atoms with Crippen LogP contribution in [0.15, 0.2) is 6.20 Å². The van der Waals surface area contributed by atoms with E-state index in [1.807, 2.05) is 7.05 Å². The van der Waals surface area contributed by atoms with Crippen molar-refractivity contribution < 1.29 is 4.74 Å². The first-order valence-corrected chi connectivity index (χ1v) is 6.11. The number of aryl methyl sites for hydroxylation is 1. The van der Waals surface area contributed by atoms with Crippen molar-refractivity contribution >= 4 is 11.6 Å². The number of hydrogen-bond donors (Lipinski definition) is 1. The highest BCUT2D eigenvalue weighted by Gasteiger charge is 2.21. The van der Waals surface area contributed by atoms with Crippen LogP contribution < -0.4 is 5.73 Å². The average Bonchev–Trinajstić information content (AvgIpc) is 2.60. The van der Waals surface area contributed by atoms with Crippen LogP contribution in [-0.2, 0) is 11.8 Å². The van der Waals surface area contributed by atoms with E-state index in [1.54, 1.807) is 10.9 Å². The highest BCUT2D eigenvalue weighted by atomic mass is 35.5. The second-order valence-electron chi connectivity index (χ2n) is 4.33. The molecule has 0 saturated carbocycles. The molecule has 16 heavy (non-hydrogen) atoms. The van der Waals surface area contributed by atoms with Gasteiger partial charge in [0.1, 0.15) is 0 Å². The van der Waals surface area contributed by atoms with Crippen molar-refractivity contribution in [2.24, 2.45) is 12.8 Å². The van der Waals surface area contributed by atoms with Crippen LogP contribution in [0.1, 0.15) is 37.4 Å². The molecule has 90 valence electrons. The monoisotopic (exact) mass is 243 g/mol. The SMILES string of the molecule is Cn1ncc(Cl)c1C(N)CC1CCCCO1. The van der Waals surface area contributed by atoms with Crippen molar-refractivity contribution in [2.45, 2.75) is 37.8 Å². The topological polar surface area (TPSA) is 53.1 Å². The van der Waals surface area contributed by atoms with E-state index in [0.717, 1.165) is 31.6 Å². The van der Waals surface area contributed by atoms with Gasteiger partial charge in [-0.15, -0.1) is 0 Å². The Morgan fingerprint density at radius 1 is 1.69 bits per heavy atom. The molecule has 1 aromatic rings. The van der Waals surface area contributed by atoms with E-state index in [0.29, 0.717) is 5.02 Å². The largest absolute Gasteiger partial charge is 0.378 e. The van der Waals surface area contributed by atoms with Gasteiger partial charge >= 0.3 is 0 Å². The van der Waals surface area contributed by atoms with Crippen molar-refractivity contribution in [1.82, 2.24) is 9.78 Å². The van der Waals surface area contributed by atoms with Gasteiger partial charge in [-0.3, -0.25) is 4.68 Å². The Labute approximate surface area is 101 Å². The fourth-order valence-electron chi connectivity index (χ4n) is 2.23. The predicted molar refractivity (Wildman–Crippen MR) is 63.4 cm³/mol. The number of rotatable bonds is 3. The number of aromatic nitrogens is 2. The molecule has 1 saturated heterocycles. The molecule has 2 N–H and O–H groups in total. The molecule has 0 aliphatic carbocycles. The van der Waals surface area contributed by atoms with Gasteiger partial charge in [0.05, 0.1) is 29.1 Å². The predicted octanol–water partition coefficient (Wildman–Crippen LogP) is 2.03. The molecule has 0 amide bonds. The Balaban J connectivity index is 1.99. The molecule has 1 aliphatic heterocycles. The Bertz CT molecular complexity index is 327. The number of nitrogens with two attached hydrogens (primary N) is 1. The summed E-state index contributed by atoms with van der Waals surface area (Å²) in [6, 6.07) is -0.0944. The zero-order chi connectivity index (χ0) is 11.5. The zero-order valence-corrected chi connectivity index (χ0v) is 10.3. The summed E-state index contributed by atoms with van der Waals surface area (Å²) in [5, 5.41) is 4.74. The van der Waals surface area contributed by atoms with Gasteiger partial charge in [-0.25, -0.2) is 0 Å². The zero-order valence-electron chi connectivity index (χ0n) is 9.53. The third-order valence-electron chi connectivity index (χ3n) is 3.08. The number of nitrogens with zero attached hydrogens (tertiary/aromatic N) is 2. The lowest BCUT2D eigenvalue weighted by atomic mass is 10.0. The van der Waals surface area contributed by atoms with E-state index < -0.39 is 0 Å². The molecule has 2 heterocycles. The molecule has 5 heteroatoms. The van der Waals surface area contributed by atoms with Crippen molar-refractivity contribution in [3.63, 3.8) is 0 Å². The summed E-state index contributed by atoms with van der Waals surface area (Å²) in [6.07, 6.45) is 6.23. The smallest absolute Gasteiger partial charge is 0.0833 e. The van der Waals surface area contributed by atoms with Gasteiger partial charge in [0.15, 0.2) is 0 Å². The summed E-state index contributed by atoms with van der Waals surface area (Å²) in [5.74, 6) is 0. The molecule has 0 aromatic carbocycles. The molecule has 1 aromatic heterocycles. The first-order valence-electron chi connectivity index (χ1n) is 5.73. The van der Waals surface area contributed by atoms with Crippen LogP contribution in [0.4, 0.5) is 0 Å². The van der Waals surface area contributed by atoms with Gasteiger partial charge in [-0.1, -0.05) is 11.6 Å². The lowest BCUT2D eigenvalue weighted by molar-refractivity contribution is 0.00692. The second kappa shape index (κ2) is 5.17. The number of halogens is 1. The highest BCUT2D eigenvalue weighted by Crippen LogP contribution is 2.27. The van der Waals surface area contributed by atoms with Crippen molar-refractivity contribution in [3.05, 3.63) is 16.9 Å². The van der Waals surface area contributed by atoms with E-state index in [-0.39, 0.29) is 12.1 Å². The van der Waals surface area contributed by atoms with Gasteiger partial charge in [-0.2, -0.15) is 5.10 Å². The van der Waals surface area contributed by atoms with Crippen LogP contribution in [0.5, 0.6) is 0 Å². The lowest BCUT2D eigenvalue weighted by Crippen LogP contribution is -2.26. The molecule has 0 bridgehead atoms. The summed E-state index contributed by atoms with van der Waals surface area (Å²) in [4.78, 5) is 0. The van der Waals surface area contributed by atoms with Crippen molar-refractivity contribution in [1.29, 1.82) is 0 Å². The molecule has 2 rings (SSSR count). The minimum absolute atomic E-state index is 0.0944. The summed E-state index contributed by atoms with van der Waals surface area (Å²) < 4.78 is 7.42. The van der Waals surface area contributed by atoms with Crippen LogP contribution in [-0.4, -0.2) is 22.5 Å². The van der Waals surface area contributed by atoms with Gasteiger partial charge in [-0.05, 0) is 25.7 Å². The fraction of sp³-hybridized carbons (Fsp3) is 0.727. The lowest BCUT2D eigenvalue weighted by Gasteiger charge is -2.25. The minimum atomic E-state index is -0.0944. The van der Waals surface area contributed by atoms with Crippen LogP contribution in [0.3, 0.4) is 0 Å². The maximum Gasteiger partial charge on any atom is 0.0833 e. The molecule has 4 nitrogen and oxygen atoms in total. The van der Waals surface area contributed by atoms with Crippen LogP contribution in [0.25, 0.3) is 0 Å². The highest BCUT2D eigenvalue weighted by molar-refractivity contribution is 6.31. The van der Waals surface area contributed by atoms with Crippen molar-refractivity contribution in [3.8, 4) is 0 Å². The van der Waals surface area contributed by atoms with E-state index in [4.69, 9.17) is 22.1 Å². The average molecular weight is 244 g/mol. The molecular formula is C11H18ClN3O. The van der Waals surface area contributed by atoms with E-state index in [2.05, 4.69) is 5.10 Å². The van der Waals surface area contributed by atoms with Gasteiger partial charge in [0.2, 0.25) is 0 Å². The molecular weight excluding hydrogens is 226 g/mol. The third kappa shape index (κ3) is 2.56. The van der Waals surface area contributed by atoms with Crippen LogP contribution in [0, 0.1) is 0 Å².